The summed E-state index contributed by atoms with van der Waals surface area (Å²) >= 11 is 0. The van der Waals surface area contributed by atoms with E-state index < -0.39 is 5.91 Å². The van der Waals surface area contributed by atoms with Gasteiger partial charge in [0.25, 0.3) is 0 Å². The number of carbonyl (C=O) groups is 1. The van der Waals surface area contributed by atoms with Crippen molar-refractivity contribution in [2.45, 2.75) is 6.42 Å². The maximum atomic E-state index is 11.4. The average molecular weight is 330 g/mol. The summed E-state index contributed by atoms with van der Waals surface area (Å²) < 4.78 is 11.3. The number of hydroxylamine groups is 1. The summed E-state index contributed by atoms with van der Waals surface area (Å²) in [5, 5.41) is 10.7. The number of carbonyl (C=O) groups excluding carboxylic acids is 1. The maximum Gasteiger partial charge on any atom is 0.247 e. The molecule has 2 N–H and O–H groups in total. The van der Waals surface area contributed by atoms with E-state index in [1.807, 2.05) is 36.4 Å². The lowest BCUT2D eigenvalue weighted by atomic mass is 10.0. The second kappa shape index (κ2) is 8.10. The van der Waals surface area contributed by atoms with Crippen LogP contribution in [-0.4, -0.2) is 55.5 Å². The predicted molar refractivity (Wildman–Crippen MR) is 90.3 cm³/mol. The van der Waals surface area contributed by atoms with Crippen LogP contribution in [-0.2, 0) is 16.0 Å². The number of rotatable bonds is 6. The minimum Gasteiger partial charge on any atom is -0.492 e. The van der Waals surface area contributed by atoms with E-state index in [9.17, 15) is 4.79 Å². The first-order valence-electron chi connectivity index (χ1n) is 8.14. The number of morpholine rings is 1. The zero-order valence-electron chi connectivity index (χ0n) is 13.5. The molecule has 0 saturated carbocycles. The molecule has 6 heteroatoms. The number of nitrogens with one attached hydrogen (secondary N) is 1. The third kappa shape index (κ3) is 4.03. The minimum absolute atomic E-state index is 0.130. The number of fused-ring (bicyclic) bond motifs is 1. The first-order chi connectivity index (χ1) is 11.8. The lowest BCUT2D eigenvalue weighted by Gasteiger charge is -2.26. The zero-order valence-corrected chi connectivity index (χ0v) is 13.5. The first-order valence-corrected chi connectivity index (χ1v) is 8.14. The Morgan fingerprint density at radius 2 is 1.92 bits per heavy atom. The average Bonchev–Trinajstić information content (AvgIpc) is 2.64. The molecule has 0 aromatic heterocycles. The second-order valence-corrected chi connectivity index (χ2v) is 5.78. The molecule has 3 rings (SSSR count). The molecule has 0 radical (unpaired) electrons. The van der Waals surface area contributed by atoms with Crippen LogP contribution in [0.15, 0.2) is 36.4 Å². The molecule has 1 aliphatic rings. The Labute approximate surface area is 140 Å². The fourth-order valence-electron chi connectivity index (χ4n) is 2.94. The summed E-state index contributed by atoms with van der Waals surface area (Å²) in [6.45, 7) is 4.93. The molecule has 24 heavy (non-hydrogen) atoms. The van der Waals surface area contributed by atoms with Crippen LogP contribution in [0.4, 0.5) is 0 Å². The lowest BCUT2D eigenvalue weighted by molar-refractivity contribution is -0.128. The van der Waals surface area contributed by atoms with E-state index in [0.717, 1.165) is 54.9 Å². The summed E-state index contributed by atoms with van der Waals surface area (Å²) in [5.41, 5.74) is 2.54. The van der Waals surface area contributed by atoms with Crippen molar-refractivity contribution >= 4 is 16.7 Å². The van der Waals surface area contributed by atoms with Crippen molar-refractivity contribution in [3.63, 3.8) is 0 Å². The maximum absolute atomic E-state index is 11.4. The Hall–Kier alpha value is -2.15. The van der Waals surface area contributed by atoms with Crippen molar-refractivity contribution in [3.8, 4) is 5.75 Å². The standard InChI is InChI=1S/C18H22N2O4/c21-18(19-22)13-14-5-6-17(16-4-2-1-3-15(14)16)24-12-9-20-7-10-23-11-8-20/h1-6,22H,7-13H2,(H,19,21). The van der Waals surface area contributed by atoms with E-state index in [0.29, 0.717) is 6.61 Å². The Balaban J connectivity index is 1.71. The molecule has 1 amide bonds. The van der Waals surface area contributed by atoms with E-state index in [1.54, 1.807) is 5.48 Å². The van der Waals surface area contributed by atoms with Crippen LogP contribution in [0.2, 0.25) is 0 Å². The van der Waals surface area contributed by atoms with Crippen LogP contribution >= 0.6 is 0 Å². The molecule has 6 nitrogen and oxygen atoms in total. The smallest absolute Gasteiger partial charge is 0.247 e. The van der Waals surface area contributed by atoms with Crippen molar-refractivity contribution in [3.05, 3.63) is 42.0 Å². The fourth-order valence-corrected chi connectivity index (χ4v) is 2.94. The lowest BCUT2D eigenvalue weighted by Crippen LogP contribution is -2.38. The van der Waals surface area contributed by atoms with Crippen molar-refractivity contribution in [2.24, 2.45) is 0 Å². The highest BCUT2D eigenvalue weighted by molar-refractivity contribution is 5.93. The monoisotopic (exact) mass is 330 g/mol. The number of benzene rings is 2. The number of hydrogen-bond acceptors (Lipinski definition) is 5. The number of nitrogens with zero attached hydrogens (tertiary/aromatic N) is 1. The summed E-state index contributed by atoms with van der Waals surface area (Å²) in [5.74, 6) is 0.383. The van der Waals surface area contributed by atoms with Crippen molar-refractivity contribution < 1.29 is 19.5 Å². The van der Waals surface area contributed by atoms with Gasteiger partial charge < -0.3 is 9.47 Å². The Kier molecular flexibility index (Phi) is 5.63. The van der Waals surface area contributed by atoms with Gasteiger partial charge in [-0.1, -0.05) is 30.3 Å². The normalized spacial score (nSPS) is 15.4. The van der Waals surface area contributed by atoms with Gasteiger partial charge in [-0.05, 0) is 17.0 Å². The number of amides is 1. The largest absolute Gasteiger partial charge is 0.492 e. The molecule has 128 valence electrons. The highest BCUT2D eigenvalue weighted by Crippen LogP contribution is 2.29. The minimum atomic E-state index is -0.430. The molecular weight excluding hydrogens is 308 g/mol. The quantitative estimate of drug-likeness (QED) is 0.622. The molecule has 2 aromatic rings. The Morgan fingerprint density at radius 1 is 1.17 bits per heavy atom. The molecule has 1 aliphatic heterocycles. The van der Waals surface area contributed by atoms with E-state index in [4.69, 9.17) is 14.7 Å². The highest BCUT2D eigenvalue weighted by atomic mass is 16.5. The molecule has 0 unspecified atom stereocenters. The molecule has 1 fully saturated rings. The second-order valence-electron chi connectivity index (χ2n) is 5.78. The van der Waals surface area contributed by atoms with Crippen LogP contribution in [0.5, 0.6) is 5.75 Å². The van der Waals surface area contributed by atoms with Gasteiger partial charge in [-0.2, -0.15) is 0 Å². The van der Waals surface area contributed by atoms with Gasteiger partial charge in [0.15, 0.2) is 0 Å². The van der Waals surface area contributed by atoms with Gasteiger partial charge >= 0.3 is 0 Å². The van der Waals surface area contributed by atoms with Gasteiger partial charge in [-0.25, -0.2) is 5.48 Å². The van der Waals surface area contributed by atoms with Gasteiger partial charge in [-0.15, -0.1) is 0 Å². The van der Waals surface area contributed by atoms with Crippen LogP contribution in [0.1, 0.15) is 5.56 Å². The zero-order chi connectivity index (χ0) is 16.8. The highest BCUT2D eigenvalue weighted by Gasteiger charge is 2.12. The van der Waals surface area contributed by atoms with Crippen LogP contribution in [0.25, 0.3) is 10.8 Å². The predicted octanol–water partition coefficient (Wildman–Crippen LogP) is 1.60. The van der Waals surface area contributed by atoms with Crippen LogP contribution in [0.3, 0.4) is 0 Å². The van der Waals surface area contributed by atoms with Gasteiger partial charge in [0.2, 0.25) is 5.91 Å². The molecule has 2 aromatic carbocycles. The number of hydrogen-bond donors (Lipinski definition) is 2. The van der Waals surface area contributed by atoms with Crippen LogP contribution < -0.4 is 10.2 Å². The van der Waals surface area contributed by atoms with Crippen molar-refractivity contribution in [2.75, 3.05) is 39.5 Å². The topological polar surface area (TPSA) is 71.0 Å². The SMILES string of the molecule is O=C(Cc1ccc(OCCN2CCOCC2)c2ccccc12)NO. The van der Waals surface area contributed by atoms with Gasteiger partial charge in [0.1, 0.15) is 12.4 Å². The van der Waals surface area contributed by atoms with E-state index >= 15 is 0 Å². The van der Waals surface area contributed by atoms with Crippen molar-refractivity contribution in [1.82, 2.24) is 10.4 Å². The van der Waals surface area contributed by atoms with Gasteiger partial charge in [-0.3, -0.25) is 14.9 Å². The number of ether oxygens (including phenoxy) is 2. The molecular formula is C18H22N2O4. The van der Waals surface area contributed by atoms with E-state index in [1.165, 1.54) is 0 Å². The molecule has 0 spiro atoms. The summed E-state index contributed by atoms with van der Waals surface area (Å²) in [4.78, 5) is 13.8. The van der Waals surface area contributed by atoms with Gasteiger partial charge in [0.05, 0.1) is 19.6 Å². The van der Waals surface area contributed by atoms with Crippen LogP contribution in [0, 0.1) is 0 Å². The summed E-state index contributed by atoms with van der Waals surface area (Å²) in [6.07, 6.45) is 0.130. The molecule has 0 atom stereocenters. The third-order valence-corrected chi connectivity index (χ3v) is 4.22. The van der Waals surface area contributed by atoms with Gasteiger partial charge in [0, 0.05) is 25.0 Å². The molecule has 0 aliphatic carbocycles. The summed E-state index contributed by atoms with van der Waals surface area (Å²) in [6, 6.07) is 11.6. The van der Waals surface area contributed by atoms with E-state index in [-0.39, 0.29) is 6.42 Å². The first kappa shape index (κ1) is 16.7. The molecule has 0 bridgehead atoms. The fraction of sp³-hybridized carbons (Fsp3) is 0.389. The molecule has 1 saturated heterocycles. The van der Waals surface area contributed by atoms with E-state index in [2.05, 4.69) is 4.90 Å². The Bertz CT molecular complexity index is 698. The molecule has 1 heterocycles. The van der Waals surface area contributed by atoms with Crippen molar-refractivity contribution in [1.29, 1.82) is 0 Å². The third-order valence-electron chi connectivity index (χ3n) is 4.22. The Morgan fingerprint density at radius 3 is 2.67 bits per heavy atom. The summed E-state index contributed by atoms with van der Waals surface area (Å²) in [7, 11) is 0.